The second-order valence-corrected chi connectivity index (χ2v) is 10.4. The Balaban J connectivity index is 1.47. The molecule has 0 spiro atoms. The molecular formula is C35H43NO4. The SMILES string of the molecule is CCCCCCCCCCOc1ccc(-c2ccc(C(=O)Oc3ccc(OCC(C)CC)c(C#N)c3)cc2)cc1. The molecule has 0 saturated carbocycles. The van der Waals surface area contributed by atoms with E-state index in [1.165, 1.54) is 51.0 Å². The number of hydrogen-bond acceptors (Lipinski definition) is 5. The summed E-state index contributed by atoms with van der Waals surface area (Å²) in [6.45, 7) is 7.72. The highest BCUT2D eigenvalue weighted by molar-refractivity contribution is 5.91. The summed E-state index contributed by atoms with van der Waals surface area (Å²) in [5.74, 6) is 1.59. The van der Waals surface area contributed by atoms with Gasteiger partial charge in [-0.25, -0.2) is 4.79 Å². The first kappa shape index (κ1) is 30.8. The quantitative estimate of drug-likeness (QED) is 0.0967. The smallest absolute Gasteiger partial charge is 0.343 e. The number of carbonyl (C=O) groups excluding carboxylic acids is 1. The number of rotatable bonds is 17. The fraction of sp³-hybridized carbons (Fsp3) is 0.429. The summed E-state index contributed by atoms with van der Waals surface area (Å²) >= 11 is 0. The minimum Gasteiger partial charge on any atom is -0.494 e. The second kappa shape index (κ2) is 17.0. The standard InChI is InChI=1S/C35H43NO4/c1-4-6-7-8-9-10-11-12-23-38-32-19-17-29(18-20-32)28-13-15-30(16-14-28)35(37)40-33-21-22-34(31(24-33)25-36)39-26-27(3)5-2/h13-22,24,27H,4-12,23,26H2,1-3H3. The lowest BCUT2D eigenvalue weighted by Crippen LogP contribution is -2.10. The van der Waals surface area contributed by atoms with Crippen LogP contribution >= 0.6 is 0 Å². The molecule has 0 aromatic heterocycles. The van der Waals surface area contributed by atoms with Crippen LogP contribution in [0.1, 0.15) is 94.5 Å². The summed E-state index contributed by atoms with van der Waals surface area (Å²) < 4.78 is 17.2. The molecular weight excluding hydrogens is 498 g/mol. The van der Waals surface area contributed by atoms with E-state index in [2.05, 4.69) is 26.8 Å². The van der Waals surface area contributed by atoms with Crippen LogP contribution in [0, 0.1) is 17.2 Å². The van der Waals surface area contributed by atoms with Crippen LogP contribution in [0.25, 0.3) is 11.1 Å². The molecule has 3 aromatic rings. The first-order chi connectivity index (χ1) is 19.5. The van der Waals surface area contributed by atoms with E-state index in [1.54, 1.807) is 24.3 Å². The third kappa shape index (κ3) is 10.1. The fourth-order valence-electron chi connectivity index (χ4n) is 4.27. The van der Waals surface area contributed by atoms with Crippen molar-refractivity contribution in [2.45, 2.75) is 78.6 Å². The number of benzene rings is 3. The highest BCUT2D eigenvalue weighted by atomic mass is 16.5. The van der Waals surface area contributed by atoms with Gasteiger partial charge >= 0.3 is 5.97 Å². The molecule has 0 aliphatic carbocycles. The van der Waals surface area contributed by atoms with E-state index >= 15 is 0 Å². The van der Waals surface area contributed by atoms with Gasteiger partial charge in [-0.15, -0.1) is 0 Å². The molecule has 5 heteroatoms. The first-order valence-electron chi connectivity index (χ1n) is 14.8. The van der Waals surface area contributed by atoms with Crippen LogP contribution in [0.2, 0.25) is 0 Å². The van der Waals surface area contributed by atoms with Gasteiger partial charge < -0.3 is 14.2 Å². The van der Waals surface area contributed by atoms with Crippen LogP contribution in [-0.2, 0) is 0 Å². The second-order valence-electron chi connectivity index (χ2n) is 10.4. The number of carbonyl (C=O) groups is 1. The molecule has 212 valence electrons. The van der Waals surface area contributed by atoms with Gasteiger partial charge in [0, 0.05) is 6.07 Å². The Kier molecular flexibility index (Phi) is 13.1. The average molecular weight is 542 g/mol. The lowest BCUT2D eigenvalue weighted by atomic mass is 10.0. The molecule has 0 fully saturated rings. The average Bonchev–Trinajstić information content (AvgIpc) is 2.99. The maximum absolute atomic E-state index is 12.7. The highest BCUT2D eigenvalue weighted by Gasteiger charge is 2.13. The zero-order valence-electron chi connectivity index (χ0n) is 24.3. The predicted molar refractivity (Wildman–Crippen MR) is 161 cm³/mol. The van der Waals surface area contributed by atoms with E-state index in [1.807, 2.05) is 36.4 Å². The van der Waals surface area contributed by atoms with E-state index < -0.39 is 5.97 Å². The van der Waals surface area contributed by atoms with Gasteiger partial charge in [-0.3, -0.25) is 0 Å². The van der Waals surface area contributed by atoms with Crippen molar-refractivity contribution in [1.29, 1.82) is 5.26 Å². The largest absolute Gasteiger partial charge is 0.494 e. The lowest BCUT2D eigenvalue weighted by molar-refractivity contribution is 0.0734. The molecule has 0 aliphatic heterocycles. The van der Waals surface area contributed by atoms with Crippen molar-refractivity contribution >= 4 is 5.97 Å². The van der Waals surface area contributed by atoms with Crippen LogP contribution in [0.4, 0.5) is 0 Å². The minimum atomic E-state index is -0.478. The van der Waals surface area contributed by atoms with Gasteiger partial charge in [0.15, 0.2) is 0 Å². The maximum atomic E-state index is 12.7. The molecule has 0 saturated heterocycles. The Morgan fingerprint density at radius 1 is 0.775 bits per heavy atom. The number of nitriles is 1. The zero-order valence-corrected chi connectivity index (χ0v) is 24.3. The summed E-state index contributed by atoms with van der Waals surface area (Å²) in [5.41, 5.74) is 2.82. The van der Waals surface area contributed by atoms with E-state index in [-0.39, 0.29) is 0 Å². The summed E-state index contributed by atoms with van der Waals surface area (Å²) in [6, 6.07) is 22.3. The molecule has 0 bridgehead atoms. The Morgan fingerprint density at radius 3 is 2.00 bits per heavy atom. The fourth-order valence-corrected chi connectivity index (χ4v) is 4.27. The number of unbranched alkanes of at least 4 members (excludes halogenated alkanes) is 7. The van der Waals surface area contributed by atoms with Crippen LogP contribution in [-0.4, -0.2) is 19.2 Å². The van der Waals surface area contributed by atoms with Gasteiger partial charge in [0.2, 0.25) is 0 Å². The van der Waals surface area contributed by atoms with Crippen LogP contribution in [0.5, 0.6) is 17.2 Å². The molecule has 1 atom stereocenters. The summed E-state index contributed by atoms with van der Waals surface area (Å²) in [4.78, 5) is 12.7. The Hall–Kier alpha value is -3.78. The molecule has 0 amide bonds. The van der Waals surface area contributed by atoms with Gasteiger partial charge in [0.25, 0.3) is 0 Å². The predicted octanol–water partition coefficient (Wildman–Crippen LogP) is 9.39. The summed E-state index contributed by atoms with van der Waals surface area (Å²) in [6.07, 6.45) is 11.3. The Labute approximate surface area is 240 Å². The highest BCUT2D eigenvalue weighted by Crippen LogP contribution is 2.26. The third-order valence-corrected chi connectivity index (χ3v) is 7.08. The number of ether oxygens (including phenoxy) is 3. The third-order valence-electron chi connectivity index (χ3n) is 7.08. The maximum Gasteiger partial charge on any atom is 0.343 e. The molecule has 0 heterocycles. The Morgan fingerprint density at radius 2 is 1.38 bits per heavy atom. The van der Waals surface area contributed by atoms with Crippen molar-refractivity contribution < 1.29 is 19.0 Å². The van der Waals surface area contributed by atoms with Gasteiger partial charge in [0.1, 0.15) is 23.3 Å². The van der Waals surface area contributed by atoms with Crippen molar-refractivity contribution in [3.8, 4) is 34.4 Å². The van der Waals surface area contributed by atoms with Crippen molar-refractivity contribution in [3.05, 3.63) is 77.9 Å². The van der Waals surface area contributed by atoms with Gasteiger partial charge in [-0.05, 0) is 59.9 Å². The molecule has 3 aromatic carbocycles. The monoisotopic (exact) mass is 541 g/mol. The summed E-state index contributed by atoms with van der Waals surface area (Å²) in [7, 11) is 0. The zero-order chi connectivity index (χ0) is 28.6. The Bertz CT molecular complexity index is 1210. The van der Waals surface area contributed by atoms with Crippen molar-refractivity contribution in [1.82, 2.24) is 0 Å². The molecule has 5 nitrogen and oxygen atoms in total. The van der Waals surface area contributed by atoms with Gasteiger partial charge in [-0.2, -0.15) is 5.26 Å². The van der Waals surface area contributed by atoms with Gasteiger partial charge in [0.05, 0.1) is 24.3 Å². The van der Waals surface area contributed by atoms with Gasteiger partial charge in [-0.1, -0.05) is 96.4 Å². The van der Waals surface area contributed by atoms with E-state index in [0.29, 0.717) is 35.2 Å². The van der Waals surface area contributed by atoms with E-state index in [0.717, 1.165) is 36.3 Å². The molecule has 40 heavy (non-hydrogen) atoms. The number of esters is 1. The summed E-state index contributed by atoms with van der Waals surface area (Å²) in [5, 5.41) is 9.50. The molecule has 0 aliphatic rings. The minimum absolute atomic E-state index is 0.309. The van der Waals surface area contributed by atoms with Crippen molar-refractivity contribution in [2.75, 3.05) is 13.2 Å². The normalized spacial score (nSPS) is 11.4. The van der Waals surface area contributed by atoms with E-state index in [4.69, 9.17) is 14.2 Å². The molecule has 3 rings (SSSR count). The lowest BCUT2D eigenvalue weighted by Gasteiger charge is -2.13. The molecule has 0 N–H and O–H groups in total. The van der Waals surface area contributed by atoms with Crippen LogP contribution in [0.3, 0.4) is 0 Å². The molecule has 0 radical (unpaired) electrons. The number of nitrogens with zero attached hydrogens (tertiary/aromatic N) is 1. The van der Waals surface area contributed by atoms with Crippen molar-refractivity contribution in [2.24, 2.45) is 5.92 Å². The van der Waals surface area contributed by atoms with E-state index in [9.17, 15) is 10.1 Å². The van der Waals surface area contributed by atoms with Crippen molar-refractivity contribution in [3.63, 3.8) is 0 Å². The first-order valence-corrected chi connectivity index (χ1v) is 14.8. The topological polar surface area (TPSA) is 68.6 Å². The number of hydrogen-bond donors (Lipinski definition) is 0. The molecule has 1 unspecified atom stereocenters. The van der Waals surface area contributed by atoms with Crippen LogP contribution < -0.4 is 14.2 Å². The van der Waals surface area contributed by atoms with Crippen LogP contribution in [0.15, 0.2) is 66.7 Å².